The lowest BCUT2D eigenvalue weighted by Gasteiger charge is -2.28. The van der Waals surface area contributed by atoms with Crippen molar-refractivity contribution in [2.24, 2.45) is 5.92 Å². The predicted octanol–water partition coefficient (Wildman–Crippen LogP) is 0.971. The standard InChI is InChI=1S/C9H18O3S/c1-9(2,13(3,11)12)8(10)6-7-4-5-7/h7-8,10H,4-6H2,1-3H3. The van der Waals surface area contributed by atoms with Gasteiger partial charge in [-0.2, -0.15) is 0 Å². The fourth-order valence-corrected chi connectivity index (χ4v) is 1.79. The largest absolute Gasteiger partial charge is 0.391 e. The lowest BCUT2D eigenvalue weighted by molar-refractivity contribution is 0.122. The molecule has 0 aromatic rings. The van der Waals surface area contributed by atoms with Crippen molar-refractivity contribution in [3.8, 4) is 0 Å². The molecule has 1 saturated carbocycles. The molecule has 0 spiro atoms. The zero-order valence-corrected chi connectivity index (χ0v) is 9.26. The number of aliphatic hydroxyl groups excluding tert-OH is 1. The van der Waals surface area contributed by atoms with Crippen molar-refractivity contribution in [2.45, 2.75) is 44.0 Å². The Morgan fingerprint density at radius 3 is 2.23 bits per heavy atom. The molecule has 1 unspecified atom stereocenters. The van der Waals surface area contributed by atoms with E-state index in [0.29, 0.717) is 12.3 Å². The SMILES string of the molecule is CC(C)(C(O)CC1CC1)S(C)(=O)=O. The summed E-state index contributed by atoms with van der Waals surface area (Å²) in [6, 6.07) is 0. The molecule has 0 aromatic carbocycles. The van der Waals surface area contributed by atoms with Crippen LogP contribution in [0.3, 0.4) is 0 Å². The van der Waals surface area contributed by atoms with Crippen LogP contribution in [0, 0.1) is 5.92 Å². The number of hydrogen-bond acceptors (Lipinski definition) is 3. The van der Waals surface area contributed by atoms with Crippen LogP contribution in [0.2, 0.25) is 0 Å². The first kappa shape index (κ1) is 11.0. The lowest BCUT2D eigenvalue weighted by atomic mass is 10.0. The van der Waals surface area contributed by atoms with Gasteiger partial charge in [0.2, 0.25) is 0 Å². The Morgan fingerprint density at radius 1 is 1.46 bits per heavy atom. The molecule has 1 fully saturated rings. The number of aliphatic hydroxyl groups is 1. The van der Waals surface area contributed by atoms with E-state index in [0.717, 1.165) is 12.8 Å². The van der Waals surface area contributed by atoms with Gasteiger partial charge in [0.15, 0.2) is 9.84 Å². The molecule has 78 valence electrons. The molecule has 0 heterocycles. The third kappa shape index (κ3) is 2.44. The van der Waals surface area contributed by atoms with Gasteiger partial charge in [-0.3, -0.25) is 0 Å². The quantitative estimate of drug-likeness (QED) is 0.745. The lowest BCUT2D eigenvalue weighted by Crippen LogP contribution is -2.43. The van der Waals surface area contributed by atoms with E-state index in [9.17, 15) is 13.5 Å². The van der Waals surface area contributed by atoms with Crippen molar-refractivity contribution in [1.82, 2.24) is 0 Å². The summed E-state index contributed by atoms with van der Waals surface area (Å²) in [5.74, 6) is 0.552. The molecule has 13 heavy (non-hydrogen) atoms. The summed E-state index contributed by atoms with van der Waals surface area (Å²) < 4.78 is 21.7. The first-order valence-corrected chi connectivity index (χ1v) is 6.52. The molecule has 1 aliphatic carbocycles. The van der Waals surface area contributed by atoms with E-state index in [1.54, 1.807) is 13.8 Å². The van der Waals surface area contributed by atoms with E-state index in [2.05, 4.69) is 0 Å². The first-order valence-electron chi connectivity index (χ1n) is 4.63. The second-order valence-corrected chi connectivity index (χ2v) is 7.17. The Balaban J connectivity index is 2.66. The highest BCUT2D eigenvalue weighted by molar-refractivity contribution is 7.92. The molecule has 4 heteroatoms. The van der Waals surface area contributed by atoms with Gasteiger partial charge in [0.25, 0.3) is 0 Å². The predicted molar refractivity (Wildman–Crippen MR) is 52.3 cm³/mol. The Morgan fingerprint density at radius 2 is 1.92 bits per heavy atom. The van der Waals surface area contributed by atoms with E-state index >= 15 is 0 Å². The van der Waals surface area contributed by atoms with Crippen molar-refractivity contribution in [1.29, 1.82) is 0 Å². The normalized spacial score (nSPS) is 21.5. The molecule has 0 amide bonds. The molecular formula is C9H18O3S. The van der Waals surface area contributed by atoms with Gasteiger partial charge in [-0.25, -0.2) is 8.42 Å². The molecule has 1 rings (SSSR count). The van der Waals surface area contributed by atoms with Crippen LogP contribution in [0.5, 0.6) is 0 Å². The summed E-state index contributed by atoms with van der Waals surface area (Å²) in [6.07, 6.45) is 3.35. The van der Waals surface area contributed by atoms with Crippen LogP contribution >= 0.6 is 0 Å². The van der Waals surface area contributed by atoms with E-state index in [1.807, 2.05) is 0 Å². The molecular weight excluding hydrogens is 188 g/mol. The molecule has 0 bridgehead atoms. The van der Waals surface area contributed by atoms with Crippen LogP contribution < -0.4 is 0 Å². The topological polar surface area (TPSA) is 54.4 Å². The van der Waals surface area contributed by atoms with Crippen LogP contribution in [0.25, 0.3) is 0 Å². The van der Waals surface area contributed by atoms with Gasteiger partial charge in [-0.15, -0.1) is 0 Å². The number of rotatable bonds is 4. The molecule has 0 radical (unpaired) electrons. The Labute approximate surface area is 80.1 Å². The Hall–Kier alpha value is -0.0900. The van der Waals surface area contributed by atoms with Crippen molar-refractivity contribution in [3.63, 3.8) is 0 Å². The summed E-state index contributed by atoms with van der Waals surface area (Å²) in [6.45, 7) is 3.19. The van der Waals surface area contributed by atoms with Gasteiger partial charge in [0.1, 0.15) is 0 Å². The molecule has 1 atom stereocenters. The monoisotopic (exact) mass is 206 g/mol. The second-order valence-electron chi connectivity index (χ2n) is 4.57. The van der Waals surface area contributed by atoms with Crippen LogP contribution in [0.4, 0.5) is 0 Å². The molecule has 3 nitrogen and oxygen atoms in total. The minimum absolute atomic E-state index is 0.552. The maximum atomic E-state index is 11.3. The Kier molecular flexibility index (Phi) is 2.74. The molecule has 1 aliphatic rings. The summed E-state index contributed by atoms with van der Waals surface area (Å²) in [5.41, 5.74) is 0. The summed E-state index contributed by atoms with van der Waals surface area (Å²) >= 11 is 0. The van der Waals surface area contributed by atoms with E-state index in [-0.39, 0.29) is 0 Å². The van der Waals surface area contributed by atoms with Gasteiger partial charge >= 0.3 is 0 Å². The second kappa shape index (κ2) is 3.24. The molecule has 0 saturated heterocycles. The third-order valence-electron chi connectivity index (χ3n) is 3.01. The van der Waals surface area contributed by atoms with Crippen LogP contribution in [0.1, 0.15) is 33.1 Å². The average Bonchev–Trinajstić information content (AvgIpc) is 2.68. The first-order chi connectivity index (χ1) is 5.75. The van der Waals surface area contributed by atoms with Crippen molar-refractivity contribution >= 4 is 9.84 Å². The van der Waals surface area contributed by atoms with Crippen LogP contribution in [-0.4, -0.2) is 30.6 Å². The summed E-state index contributed by atoms with van der Waals surface area (Å²) in [5, 5.41) is 9.74. The Bertz CT molecular complexity index is 275. The minimum atomic E-state index is -3.17. The molecule has 1 N–H and O–H groups in total. The van der Waals surface area contributed by atoms with E-state index in [1.165, 1.54) is 6.26 Å². The summed E-state index contributed by atoms with van der Waals surface area (Å²) in [7, 11) is -3.17. The maximum absolute atomic E-state index is 11.3. The van der Waals surface area contributed by atoms with Gasteiger partial charge in [-0.05, 0) is 26.2 Å². The highest BCUT2D eigenvalue weighted by Crippen LogP contribution is 2.37. The van der Waals surface area contributed by atoms with Crippen molar-refractivity contribution < 1.29 is 13.5 Å². The van der Waals surface area contributed by atoms with Gasteiger partial charge in [0.05, 0.1) is 10.9 Å². The van der Waals surface area contributed by atoms with E-state index < -0.39 is 20.7 Å². The molecule has 0 aliphatic heterocycles. The minimum Gasteiger partial charge on any atom is -0.391 e. The number of sulfone groups is 1. The van der Waals surface area contributed by atoms with Gasteiger partial charge < -0.3 is 5.11 Å². The smallest absolute Gasteiger partial charge is 0.155 e. The molecule has 0 aromatic heterocycles. The van der Waals surface area contributed by atoms with Crippen LogP contribution in [-0.2, 0) is 9.84 Å². The maximum Gasteiger partial charge on any atom is 0.155 e. The van der Waals surface area contributed by atoms with Gasteiger partial charge in [0, 0.05) is 6.26 Å². The average molecular weight is 206 g/mol. The highest BCUT2D eigenvalue weighted by atomic mass is 32.2. The van der Waals surface area contributed by atoms with Crippen molar-refractivity contribution in [2.75, 3.05) is 6.26 Å². The van der Waals surface area contributed by atoms with Gasteiger partial charge in [-0.1, -0.05) is 12.8 Å². The summed E-state index contributed by atoms with van der Waals surface area (Å²) in [4.78, 5) is 0. The third-order valence-corrected chi connectivity index (χ3v) is 5.20. The highest BCUT2D eigenvalue weighted by Gasteiger charge is 2.40. The fourth-order valence-electron chi connectivity index (χ4n) is 1.20. The zero-order valence-electron chi connectivity index (χ0n) is 8.45. The fraction of sp³-hybridized carbons (Fsp3) is 1.00. The van der Waals surface area contributed by atoms with Crippen LogP contribution in [0.15, 0.2) is 0 Å². The zero-order chi connectivity index (χ0) is 10.3. The van der Waals surface area contributed by atoms with E-state index in [4.69, 9.17) is 0 Å². The van der Waals surface area contributed by atoms with Crippen molar-refractivity contribution in [3.05, 3.63) is 0 Å². The number of hydrogen-bond donors (Lipinski definition) is 1.